The molecule has 10 unspecified atom stereocenters. The number of hydrogen-bond acceptors (Lipinski definition) is 12. The molecule has 0 rings (SSSR count). The molecule has 0 saturated heterocycles. The highest BCUT2D eigenvalue weighted by molar-refractivity contribution is 5.57. The van der Waals surface area contributed by atoms with E-state index in [1.54, 1.807) is 0 Å². The SMILES string of the molecule is O=CC(O)C(O)C(O)C(O)C(O)C#CC#CC(O)C(O)C(O)C(O)C(O)C=O. The van der Waals surface area contributed by atoms with Gasteiger partial charge < -0.3 is 60.7 Å². The summed E-state index contributed by atoms with van der Waals surface area (Å²) in [5.41, 5.74) is 0. The van der Waals surface area contributed by atoms with Crippen LogP contribution in [0.25, 0.3) is 0 Å². The highest BCUT2D eigenvalue weighted by Gasteiger charge is 2.34. The van der Waals surface area contributed by atoms with E-state index in [0.29, 0.717) is 0 Å². The number of aldehydes is 2. The molecule has 0 aromatic rings. The second kappa shape index (κ2) is 12.5. The lowest BCUT2D eigenvalue weighted by Gasteiger charge is -2.25. The van der Waals surface area contributed by atoms with Crippen LogP contribution >= 0.6 is 0 Å². The van der Waals surface area contributed by atoms with Crippen molar-refractivity contribution < 1.29 is 60.7 Å². The molecule has 0 aliphatic carbocycles. The molecule has 0 aliphatic heterocycles. The summed E-state index contributed by atoms with van der Waals surface area (Å²) in [6.45, 7) is 0. The van der Waals surface area contributed by atoms with Gasteiger partial charge in [-0.1, -0.05) is 11.8 Å². The second-order valence-corrected chi connectivity index (χ2v) is 5.63. The van der Waals surface area contributed by atoms with E-state index in [4.69, 9.17) is 10.2 Å². The molecule has 0 spiro atoms. The van der Waals surface area contributed by atoms with Crippen LogP contribution in [0.2, 0.25) is 0 Å². The molecule has 0 bridgehead atoms. The van der Waals surface area contributed by atoms with Gasteiger partial charge in [-0.15, -0.1) is 0 Å². The fourth-order valence-corrected chi connectivity index (χ4v) is 1.73. The van der Waals surface area contributed by atoms with Crippen molar-refractivity contribution in [2.45, 2.75) is 61.0 Å². The van der Waals surface area contributed by atoms with Crippen molar-refractivity contribution in [3.8, 4) is 23.7 Å². The fraction of sp³-hybridized carbons (Fsp3) is 0.625. The molecule has 0 aromatic carbocycles. The topological polar surface area (TPSA) is 236 Å². The largest absolute Gasteiger partial charge is 0.387 e. The highest BCUT2D eigenvalue weighted by Crippen LogP contribution is 2.08. The smallest absolute Gasteiger partial charge is 0.151 e. The van der Waals surface area contributed by atoms with Crippen LogP contribution in [0.5, 0.6) is 0 Å². The normalized spacial score (nSPS) is 21.6. The van der Waals surface area contributed by atoms with E-state index in [1.165, 1.54) is 0 Å². The molecule has 158 valence electrons. The fourth-order valence-electron chi connectivity index (χ4n) is 1.73. The molecule has 0 heterocycles. The Hall–Kier alpha value is -1.94. The molecule has 0 amide bonds. The Morgan fingerprint density at radius 2 is 0.750 bits per heavy atom. The van der Waals surface area contributed by atoms with Crippen LogP contribution < -0.4 is 0 Å². The standard InChI is InChI=1S/C16H22O12/c17-5-9(21)13(25)15(27)11(23)7(19)3-1-2-4-8(20)12(24)16(28)14(26)10(22)6-18/h5-16,19-28H. The predicted octanol–water partition coefficient (Wildman–Crippen LogP) is -7.00. The zero-order valence-corrected chi connectivity index (χ0v) is 14.2. The lowest BCUT2D eigenvalue weighted by molar-refractivity contribution is -0.140. The van der Waals surface area contributed by atoms with E-state index in [9.17, 15) is 50.4 Å². The lowest BCUT2D eigenvalue weighted by atomic mass is 9.99. The number of aliphatic hydroxyl groups excluding tert-OH is 10. The molecular weight excluding hydrogens is 384 g/mol. The summed E-state index contributed by atoms with van der Waals surface area (Å²) in [6, 6.07) is 0. The molecule has 0 saturated carbocycles. The molecule has 0 aromatic heterocycles. The van der Waals surface area contributed by atoms with Crippen LogP contribution in [-0.4, -0.2) is 125 Å². The van der Waals surface area contributed by atoms with Crippen molar-refractivity contribution in [2.24, 2.45) is 0 Å². The number of hydrogen-bond donors (Lipinski definition) is 10. The minimum absolute atomic E-state index is 0.101. The van der Waals surface area contributed by atoms with E-state index < -0.39 is 61.0 Å². The van der Waals surface area contributed by atoms with Crippen LogP contribution in [0.3, 0.4) is 0 Å². The first-order valence-electron chi connectivity index (χ1n) is 7.71. The van der Waals surface area contributed by atoms with Gasteiger partial charge in [0.2, 0.25) is 0 Å². The summed E-state index contributed by atoms with van der Waals surface area (Å²) in [5, 5.41) is 94.0. The Labute approximate surface area is 158 Å². The third-order valence-electron chi connectivity index (χ3n) is 3.53. The molecule has 10 N–H and O–H groups in total. The van der Waals surface area contributed by atoms with Gasteiger partial charge in [0.1, 0.15) is 61.0 Å². The third-order valence-corrected chi connectivity index (χ3v) is 3.53. The summed E-state index contributed by atoms with van der Waals surface area (Å²) in [5.74, 6) is 7.65. The molecule has 12 heteroatoms. The van der Waals surface area contributed by atoms with Gasteiger partial charge in [0, 0.05) is 0 Å². The van der Waals surface area contributed by atoms with Gasteiger partial charge in [-0.3, -0.25) is 0 Å². The summed E-state index contributed by atoms with van der Waals surface area (Å²) in [4.78, 5) is 20.6. The Balaban J connectivity index is 4.91. The van der Waals surface area contributed by atoms with E-state index in [-0.39, 0.29) is 12.6 Å². The lowest BCUT2D eigenvalue weighted by Crippen LogP contribution is -2.49. The number of carbonyl (C=O) groups excluding carboxylic acids is 2. The summed E-state index contributed by atoms with van der Waals surface area (Å²) < 4.78 is 0. The molecule has 10 atom stereocenters. The van der Waals surface area contributed by atoms with Crippen LogP contribution in [0.1, 0.15) is 0 Å². The Morgan fingerprint density at radius 1 is 0.464 bits per heavy atom. The van der Waals surface area contributed by atoms with Crippen molar-refractivity contribution in [2.75, 3.05) is 0 Å². The maximum Gasteiger partial charge on any atom is 0.151 e. The highest BCUT2D eigenvalue weighted by atomic mass is 16.4. The van der Waals surface area contributed by atoms with E-state index in [0.717, 1.165) is 0 Å². The van der Waals surface area contributed by atoms with E-state index >= 15 is 0 Å². The van der Waals surface area contributed by atoms with Crippen LogP contribution in [0.4, 0.5) is 0 Å². The molecule has 12 nitrogen and oxygen atoms in total. The zero-order chi connectivity index (χ0) is 22.0. The van der Waals surface area contributed by atoms with Gasteiger partial charge in [0.05, 0.1) is 0 Å². The van der Waals surface area contributed by atoms with E-state index in [2.05, 4.69) is 0 Å². The number of carbonyl (C=O) groups is 2. The first-order chi connectivity index (χ1) is 13.0. The first-order valence-corrected chi connectivity index (χ1v) is 7.71. The maximum absolute atomic E-state index is 10.3. The molecule has 0 fully saturated rings. The van der Waals surface area contributed by atoms with Crippen LogP contribution in [0, 0.1) is 23.7 Å². The molecular formula is C16H22O12. The Kier molecular flexibility index (Phi) is 11.6. The quantitative estimate of drug-likeness (QED) is 0.120. The average molecular weight is 406 g/mol. The van der Waals surface area contributed by atoms with Gasteiger partial charge in [0.15, 0.2) is 12.6 Å². The minimum atomic E-state index is -2.13. The van der Waals surface area contributed by atoms with Crippen molar-refractivity contribution in [1.29, 1.82) is 0 Å². The first kappa shape index (κ1) is 26.1. The second-order valence-electron chi connectivity index (χ2n) is 5.63. The number of rotatable bonds is 10. The maximum atomic E-state index is 10.3. The minimum Gasteiger partial charge on any atom is -0.387 e. The Morgan fingerprint density at radius 3 is 1.00 bits per heavy atom. The Bertz CT molecular complexity index is 563. The van der Waals surface area contributed by atoms with Crippen molar-refractivity contribution >= 4 is 12.6 Å². The van der Waals surface area contributed by atoms with Crippen LogP contribution in [-0.2, 0) is 9.59 Å². The average Bonchev–Trinajstić information content (AvgIpc) is 2.71. The van der Waals surface area contributed by atoms with Crippen molar-refractivity contribution in [3.63, 3.8) is 0 Å². The summed E-state index contributed by atoms with van der Waals surface area (Å²) >= 11 is 0. The molecule has 0 aliphatic rings. The van der Waals surface area contributed by atoms with Gasteiger partial charge in [-0.25, -0.2) is 0 Å². The van der Waals surface area contributed by atoms with Crippen molar-refractivity contribution in [1.82, 2.24) is 0 Å². The molecule has 0 radical (unpaired) electrons. The van der Waals surface area contributed by atoms with Crippen molar-refractivity contribution in [3.05, 3.63) is 0 Å². The predicted molar refractivity (Wildman–Crippen MR) is 87.7 cm³/mol. The number of aliphatic hydroxyl groups is 10. The van der Waals surface area contributed by atoms with Gasteiger partial charge in [-0.2, -0.15) is 0 Å². The summed E-state index contributed by atoms with van der Waals surface area (Å²) in [7, 11) is 0. The zero-order valence-electron chi connectivity index (χ0n) is 14.2. The molecule has 28 heavy (non-hydrogen) atoms. The van der Waals surface area contributed by atoms with Gasteiger partial charge in [-0.05, 0) is 11.8 Å². The van der Waals surface area contributed by atoms with Gasteiger partial charge >= 0.3 is 0 Å². The summed E-state index contributed by atoms with van der Waals surface area (Å²) in [6.07, 6.45) is -20.9. The van der Waals surface area contributed by atoms with Crippen LogP contribution in [0.15, 0.2) is 0 Å². The third kappa shape index (κ3) is 7.59. The van der Waals surface area contributed by atoms with E-state index in [1.807, 2.05) is 23.7 Å². The van der Waals surface area contributed by atoms with Gasteiger partial charge in [0.25, 0.3) is 0 Å². The monoisotopic (exact) mass is 406 g/mol.